The Morgan fingerprint density at radius 3 is 2.48 bits per heavy atom. The maximum atomic E-state index is 13.1. The van der Waals surface area contributed by atoms with E-state index in [4.69, 9.17) is 11.6 Å². The van der Waals surface area contributed by atoms with E-state index >= 15 is 0 Å². The number of aromatic amines is 1. The predicted octanol–water partition coefficient (Wildman–Crippen LogP) is 3.91. The third kappa shape index (κ3) is 3.50. The number of rotatable bonds is 4. The Balaban J connectivity index is 1.55. The lowest BCUT2D eigenvalue weighted by Gasteiger charge is -2.38. The van der Waals surface area contributed by atoms with Gasteiger partial charge in [-0.1, -0.05) is 17.7 Å². The van der Waals surface area contributed by atoms with E-state index in [2.05, 4.69) is 9.88 Å². The third-order valence-corrected chi connectivity index (χ3v) is 5.31. The molecule has 2 N–H and O–H groups in total. The fourth-order valence-corrected chi connectivity index (χ4v) is 3.90. The van der Waals surface area contributed by atoms with Gasteiger partial charge in [0.25, 0.3) is 0 Å². The van der Waals surface area contributed by atoms with Crippen molar-refractivity contribution in [3.63, 3.8) is 0 Å². The van der Waals surface area contributed by atoms with Gasteiger partial charge in [0.1, 0.15) is 11.9 Å². The molecule has 1 aromatic heterocycles. The van der Waals surface area contributed by atoms with Crippen molar-refractivity contribution >= 4 is 34.2 Å². The summed E-state index contributed by atoms with van der Waals surface area (Å²) in [5, 5.41) is 11.4. The summed E-state index contributed by atoms with van der Waals surface area (Å²) in [6.45, 7) is 2.58. The van der Waals surface area contributed by atoms with Crippen LogP contribution in [0.25, 0.3) is 10.9 Å². The molecule has 1 aliphatic heterocycles. The topological polar surface area (TPSA) is 59.6 Å². The molecule has 7 heteroatoms. The van der Waals surface area contributed by atoms with Crippen molar-refractivity contribution in [3.05, 3.63) is 65.1 Å². The minimum atomic E-state index is -0.874. The maximum Gasteiger partial charge on any atom is 0.325 e. The molecule has 0 aliphatic carbocycles. The van der Waals surface area contributed by atoms with E-state index in [0.717, 1.165) is 22.2 Å². The molecule has 1 atom stereocenters. The first-order valence-corrected chi connectivity index (χ1v) is 9.14. The molecule has 140 valence electrons. The monoisotopic (exact) mass is 387 g/mol. The Kier molecular flexibility index (Phi) is 4.76. The largest absolute Gasteiger partial charge is 0.480 e. The number of piperazine rings is 1. The summed E-state index contributed by atoms with van der Waals surface area (Å²) in [6, 6.07) is 11.1. The standard InChI is InChI=1S/C20H19ClFN3O2/c21-13-1-6-16-17(12-23-18(16)11-13)19(20(26)27)25-9-7-24(8-10-25)15-4-2-14(22)3-5-15/h1-6,11-12,19,23H,7-10H2,(H,26,27). The molecule has 0 radical (unpaired) electrons. The van der Waals surface area contributed by atoms with E-state index in [1.807, 2.05) is 11.0 Å². The summed E-state index contributed by atoms with van der Waals surface area (Å²) in [6.07, 6.45) is 1.76. The van der Waals surface area contributed by atoms with E-state index < -0.39 is 12.0 Å². The molecule has 2 heterocycles. The van der Waals surface area contributed by atoms with Crippen molar-refractivity contribution < 1.29 is 14.3 Å². The summed E-state index contributed by atoms with van der Waals surface area (Å²) in [4.78, 5) is 19.3. The summed E-state index contributed by atoms with van der Waals surface area (Å²) < 4.78 is 13.1. The van der Waals surface area contributed by atoms with Crippen LogP contribution in [0, 0.1) is 5.82 Å². The lowest BCUT2D eigenvalue weighted by atomic mass is 10.0. The molecule has 2 aromatic carbocycles. The Labute approximate surface area is 161 Å². The van der Waals surface area contributed by atoms with Gasteiger partial charge in [0.05, 0.1) is 0 Å². The van der Waals surface area contributed by atoms with Gasteiger partial charge in [-0.25, -0.2) is 4.39 Å². The number of fused-ring (bicyclic) bond motifs is 1. The summed E-state index contributed by atoms with van der Waals surface area (Å²) >= 11 is 6.03. The van der Waals surface area contributed by atoms with Crippen LogP contribution in [0.5, 0.6) is 0 Å². The molecule has 1 unspecified atom stereocenters. The number of aromatic nitrogens is 1. The van der Waals surface area contributed by atoms with Crippen LogP contribution < -0.4 is 4.90 Å². The highest BCUT2D eigenvalue weighted by molar-refractivity contribution is 6.31. The number of carbonyl (C=O) groups is 1. The molecule has 5 nitrogen and oxygen atoms in total. The van der Waals surface area contributed by atoms with Crippen molar-refractivity contribution in [2.24, 2.45) is 0 Å². The molecular weight excluding hydrogens is 369 g/mol. The van der Waals surface area contributed by atoms with E-state index in [1.165, 1.54) is 12.1 Å². The second kappa shape index (κ2) is 7.21. The second-order valence-electron chi connectivity index (χ2n) is 6.67. The average molecular weight is 388 g/mol. The van der Waals surface area contributed by atoms with Gasteiger partial charge >= 0.3 is 5.97 Å². The molecule has 1 aliphatic rings. The summed E-state index contributed by atoms with van der Waals surface area (Å²) in [5.74, 6) is -1.14. The van der Waals surface area contributed by atoms with E-state index in [0.29, 0.717) is 31.2 Å². The van der Waals surface area contributed by atoms with Crippen LogP contribution in [0.2, 0.25) is 5.02 Å². The molecule has 0 saturated carbocycles. The first-order valence-electron chi connectivity index (χ1n) is 8.77. The van der Waals surface area contributed by atoms with Crippen LogP contribution in [0.3, 0.4) is 0 Å². The van der Waals surface area contributed by atoms with E-state index in [-0.39, 0.29) is 5.82 Å². The SMILES string of the molecule is O=C(O)C(c1c[nH]c2cc(Cl)ccc12)N1CCN(c2ccc(F)cc2)CC1. The molecule has 0 bridgehead atoms. The minimum Gasteiger partial charge on any atom is -0.480 e. The van der Waals surface area contributed by atoms with Crippen LogP contribution in [-0.4, -0.2) is 47.1 Å². The highest BCUT2D eigenvalue weighted by atomic mass is 35.5. The number of nitrogens with one attached hydrogen (secondary N) is 1. The number of hydrogen-bond acceptors (Lipinski definition) is 3. The van der Waals surface area contributed by atoms with Crippen LogP contribution in [0.15, 0.2) is 48.7 Å². The number of benzene rings is 2. The van der Waals surface area contributed by atoms with Gasteiger partial charge in [-0.15, -0.1) is 0 Å². The minimum absolute atomic E-state index is 0.261. The van der Waals surface area contributed by atoms with Crippen molar-refractivity contribution in [3.8, 4) is 0 Å². The molecule has 0 amide bonds. The zero-order chi connectivity index (χ0) is 19.0. The van der Waals surface area contributed by atoms with Crippen molar-refractivity contribution in [1.82, 2.24) is 9.88 Å². The molecule has 1 fully saturated rings. The fourth-order valence-electron chi connectivity index (χ4n) is 3.72. The van der Waals surface area contributed by atoms with Gasteiger partial charge < -0.3 is 15.0 Å². The number of halogens is 2. The van der Waals surface area contributed by atoms with Gasteiger partial charge in [-0.2, -0.15) is 0 Å². The molecular formula is C20H19ClFN3O2. The van der Waals surface area contributed by atoms with E-state index in [9.17, 15) is 14.3 Å². The molecule has 1 saturated heterocycles. The highest BCUT2D eigenvalue weighted by Gasteiger charge is 2.32. The number of H-pyrrole nitrogens is 1. The van der Waals surface area contributed by atoms with Crippen molar-refractivity contribution in [2.75, 3.05) is 31.1 Å². The van der Waals surface area contributed by atoms with Crippen LogP contribution >= 0.6 is 11.6 Å². The smallest absolute Gasteiger partial charge is 0.325 e. The summed E-state index contributed by atoms with van der Waals surface area (Å²) in [5.41, 5.74) is 2.52. The Hall–Kier alpha value is -2.57. The summed E-state index contributed by atoms with van der Waals surface area (Å²) in [7, 11) is 0. The first-order chi connectivity index (χ1) is 13.0. The van der Waals surface area contributed by atoms with Crippen molar-refractivity contribution in [2.45, 2.75) is 6.04 Å². The Morgan fingerprint density at radius 1 is 1.11 bits per heavy atom. The van der Waals surface area contributed by atoms with Gasteiger partial charge in [-0.05, 0) is 36.4 Å². The normalized spacial score (nSPS) is 16.6. The van der Waals surface area contributed by atoms with Gasteiger partial charge in [-0.3, -0.25) is 9.69 Å². The van der Waals surface area contributed by atoms with Crippen LogP contribution in [-0.2, 0) is 4.79 Å². The average Bonchev–Trinajstić information content (AvgIpc) is 3.05. The Bertz CT molecular complexity index is 965. The number of carboxylic acids is 1. The van der Waals surface area contributed by atoms with Crippen molar-refractivity contribution in [1.29, 1.82) is 0 Å². The zero-order valence-electron chi connectivity index (χ0n) is 14.5. The molecule has 27 heavy (non-hydrogen) atoms. The van der Waals surface area contributed by atoms with Crippen LogP contribution in [0.4, 0.5) is 10.1 Å². The second-order valence-corrected chi connectivity index (χ2v) is 7.11. The van der Waals surface area contributed by atoms with E-state index in [1.54, 1.807) is 30.5 Å². The predicted molar refractivity (Wildman–Crippen MR) is 104 cm³/mol. The van der Waals surface area contributed by atoms with Gasteiger partial charge in [0.15, 0.2) is 0 Å². The molecule has 0 spiro atoms. The van der Waals surface area contributed by atoms with Crippen LogP contribution in [0.1, 0.15) is 11.6 Å². The Morgan fingerprint density at radius 2 is 1.81 bits per heavy atom. The fraction of sp³-hybridized carbons (Fsp3) is 0.250. The number of aliphatic carboxylic acids is 1. The molecule has 4 rings (SSSR count). The van der Waals surface area contributed by atoms with Gasteiger partial charge in [0.2, 0.25) is 0 Å². The zero-order valence-corrected chi connectivity index (χ0v) is 15.3. The quantitative estimate of drug-likeness (QED) is 0.712. The lowest BCUT2D eigenvalue weighted by Crippen LogP contribution is -2.49. The number of nitrogens with zero attached hydrogens (tertiary/aromatic N) is 2. The number of carboxylic acid groups (broad SMARTS) is 1. The number of anilines is 1. The third-order valence-electron chi connectivity index (χ3n) is 5.08. The number of hydrogen-bond donors (Lipinski definition) is 2. The lowest BCUT2D eigenvalue weighted by molar-refractivity contribution is -0.143. The highest BCUT2D eigenvalue weighted by Crippen LogP contribution is 2.31. The maximum absolute atomic E-state index is 13.1. The van der Waals surface area contributed by atoms with Gasteiger partial charge in [0, 0.05) is 59.6 Å². The first kappa shape index (κ1) is 17.8. The molecule has 3 aromatic rings.